The van der Waals surface area contributed by atoms with Crippen molar-refractivity contribution in [2.45, 2.75) is 13.1 Å². The first-order chi connectivity index (χ1) is 12.7. The lowest BCUT2D eigenvalue weighted by Gasteiger charge is -2.34. The van der Waals surface area contributed by atoms with E-state index in [1.165, 1.54) is 16.5 Å². The monoisotopic (exact) mass is 350 g/mol. The lowest BCUT2D eigenvalue weighted by atomic mass is 10.1. The Morgan fingerprint density at radius 3 is 2.23 bits per heavy atom. The first kappa shape index (κ1) is 16.8. The molecule has 2 aromatic carbocycles. The van der Waals surface area contributed by atoms with Crippen LogP contribution in [0, 0.1) is 10.1 Å². The molecule has 6 heteroatoms. The normalized spacial score (nSPS) is 16.2. The van der Waals surface area contributed by atoms with E-state index >= 15 is 0 Å². The number of rotatable bonds is 5. The third kappa shape index (κ3) is 3.47. The zero-order chi connectivity index (χ0) is 17.9. The molecule has 0 spiro atoms. The van der Waals surface area contributed by atoms with Gasteiger partial charge >= 0.3 is 0 Å². The van der Waals surface area contributed by atoms with Crippen molar-refractivity contribution in [1.29, 1.82) is 0 Å². The number of hydrogen-bond acceptors (Lipinski definition) is 4. The molecular weight excluding hydrogens is 328 g/mol. The maximum absolute atomic E-state index is 11.2. The highest BCUT2D eigenvalue weighted by Crippen LogP contribution is 2.22. The topological polar surface area (TPSA) is 65.4 Å². The molecule has 1 aromatic heterocycles. The van der Waals surface area contributed by atoms with Crippen LogP contribution in [0.3, 0.4) is 0 Å². The molecule has 0 atom stereocenters. The van der Waals surface area contributed by atoms with Crippen LogP contribution in [0.2, 0.25) is 0 Å². The minimum atomic E-state index is -0.289. The van der Waals surface area contributed by atoms with Crippen molar-refractivity contribution >= 4 is 16.6 Å². The number of nitro groups is 1. The highest BCUT2D eigenvalue weighted by atomic mass is 16.6. The Morgan fingerprint density at radius 1 is 0.885 bits per heavy atom. The Bertz CT molecular complexity index is 913. The van der Waals surface area contributed by atoms with Gasteiger partial charge in [-0.25, -0.2) is 0 Å². The standard InChI is InChI=1S/C20H22N4O2/c25-24(26)20-8-4-1-5-16(20)14-22-9-11-23(12-10-22)15-17-13-21-19-7-3-2-6-18(17)19/h1-8,13,21H,9-12,14-15H2. The summed E-state index contributed by atoms with van der Waals surface area (Å²) in [5.74, 6) is 0. The summed E-state index contributed by atoms with van der Waals surface area (Å²) in [6.45, 7) is 5.37. The van der Waals surface area contributed by atoms with Crippen molar-refractivity contribution in [3.8, 4) is 0 Å². The molecule has 134 valence electrons. The van der Waals surface area contributed by atoms with Gasteiger partial charge in [0.25, 0.3) is 5.69 Å². The Morgan fingerprint density at radius 2 is 1.50 bits per heavy atom. The summed E-state index contributed by atoms with van der Waals surface area (Å²) in [5.41, 5.74) is 3.52. The molecule has 1 fully saturated rings. The Hall–Kier alpha value is -2.70. The molecular formula is C20H22N4O2. The number of aromatic amines is 1. The zero-order valence-electron chi connectivity index (χ0n) is 14.6. The van der Waals surface area contributed by atoms with E-state index in [-0.39, 0.29) is 10.6 Å². The highest BCUT2D eigenvalue weighted by Gasteiger charge is 2.21. The Kier molecular flexibility index (Phi) is 4.69. The number of para-hydroxylation sites is 2. The van der Waals surface area contributed by atoms with Crippen LogP contribution in [0.5, 0.6) is 0 Å². The van der Waals surface area contributed by atoms with Crippen molar-refractivity contribution in [2.75, 3.05) is 26.2 Å². The van der Waals surface area contributed by atoms with Crippen molar-refractivity contribution < 1.29 is 4.92 Å². The van der Waals surface area contributed by atoms with Crippen molar-refractivity contribution in [1.82, 2.24) is 14.8 Å². The summed E-state index contributed by atoms with van der Waals surface area (Å²) in [6, 6.07) is 15.4. The fourth-order valence-corrected chi connectivity index (χ4v) is 3.67. The van der Waals surface area contributed by atoms with E-state index in [9.17, 15) is 10.1 Å². The summed E-state index contributed by atoms with van der Waals surface area (Å²) in [6.07, 6.45) is 2.10. The predicted octanol–water partition coefficient (Wildman–Crippen LogP) is 3.39. The quantitative estimate of drug-likeness (QED) is 0.566. The number of fused-ring (bicyclic) bond motifs is 1. The van der Waals surface area contributed by atoms with Gasteiger partial charge in [0, 0.05) is 68.0 Å². The average Bonchev–Trinajstić information content (AvgIpc) is 3.07. The maximum atomic E-state index is 11.2. The number of nitrogens with zero attached hydrogens (tertiary/aromatic N) is 3. The molecule has 2 heterocycles. The maximum Gasteiger partial charge on any atom is 0.273 e. The van der Waals surface area contributed by atoms with Crippen LogP contribution in [0.4, 0.5) is 5.69 Å². The number of nitro benzene ring substituents is 1. The molecule has 1 aliphatic heterocycles. The number of aromatic nitrogens is 1. The van der Waals surface area contributed by atoms with Crippen molar-refractivity contribution in [3.05, 3.63) is 76.0 Å². The third-order valence-electron chi connectivity index (χ3n) is 5.12. The first-order valence-corrected chi connectivity index (χ1v) is 8.93. The molecule has 0 bridgehead atoms. The summed E-state index contributed by atoms with van der Waals surface area (Å²) in [5, 5.41) is 12.5. The van der Waals surface area contributed by atoms with Crippen LogP contribution in [-0.4, -0.2) is 45.9 Å². The van der Waals surface area contributed by atoms with E-state index < -0.39 is 0 Å². The van der Waals surface area contributed by atoms with E-state index in [2.05, 4.69) is 39.2 Å². The van der Waals surface area contributed by atoms with Crippen molar-refractivity contribution in [3.63, 3.8) is 0 Å². The highest BCUT2D eigenvalue weighted by molar-refractivity contribution is 5.82. The molecule has 6 nitrogen and oxygen atoms in total. The second kappa shape index (κ2) is 7.27. The molecule has 3 aromatic rings. The van der Waals surface area contributed by atoms with Crippen LogP contribution >= 0.6 is 0 Å². The van der Waals surface area contributed by atoms with E-state index in [4.69, 9.17) is 0 Å². The smallest absolute Gasteiger partial charge is 0.273 e. The Labute approximate surface area is 152 Å². The van der Waals surface area contributed by atoms with Crippen LogP contribution in [0.1, 0.15) is 11.1 Å². The predicted molar refractivity (Wildman–Crippen MR) is 102 cm³/mol. The second-order valence-corrected chi connectivity index (χ2v) is 6.80. The Balaban J connectivity index is 1.37. The molecule has 0 aliphatic carbocycles. The molecule has 4 rings (SSSR count). The van der Waals surface area contributed by atoms with Crippen LogP contribution in [0.25, 0.3) is 10.9 Å². The molecule has 0 radical (unpaired) electrons. The van der Waals surface area contributed by atoms with Gasteiger partial charge in [0.1, 0.15) is 0 Å². The summed E-state index contributed by atoms with van der Waals surface area (Å²) >= 11 is 0. The lowest BCUT2D eigenvalue weighted by Crippen LogP contribution is -2.45. The molecule has 0 amide bonds. The van der Waals surface area contributed by atoms with Gasteiger partial charge in [0.15, 0.2) is 0 Å². The van der Waals surface area contributed by atoms with E-state index in [1.807, 2.05) is 18.2 Å². The van der Waals surface area contributed by atoms with Gasteiger partial charge in [0.05, 0.1) is 4.92 Å². The summed E-state index contributed by atoms with van der Waals surface area (Å²) in [7, 11) is 0. The van der Waals surface area contributed by atoms with Gasteiger partial charge < -0.3 is 4.98 Å². The van der Waals surface area contributed by atoms with Gasteiger partial charge in [-0.05, 0) is 11.6 Å². The second-order valence-electron chi connectivity index (χ2n) is 6.80. The van der Waals surface area contributed by atoms with Crippen molar-refractivity contribution in [2.24, 2.45) is 0 Å². The number of nitrogens with one attached hydrogen (secondary N) is 1. The zero-order valence-corrected chi connectivity index (χ0v) is 14.6. The lowest BCUT2D eigenvalue weighted by molar-refractivity contribution is -0.385. The molecule has 26 heavy (non-hydrogen) atoms. The van der Waals surface area contributed by atoms with Gasteiger partial charge in [-0.15, -0.1) is 0 Å². The molecule has 1 N–H and O–H groups in total. The number of benzene rings is 2. The molecule has 0 unspecified atom stereocenters. The van der Waals surface area contributed by atoms with E-state index in [0.717, 1.165) is 38.3 Å². The molecule has 1 saturated heterocycles. The minimum Gasteiger partial charge on any atom is -0.361 e. The number of H-pyrrole nitrogens is 1. The largest absolute Gasteiger partial charge is 0.361 e. The number of piperazine rings is 1. The van der Waals surface area contributed by atoms with E-state index in [1.54, 1.807) is 12.1 Å². The van der Waals surface area contributed by atoms with Gasteiger partial charge in [0.2, 0.25) is 0 Å². The minimum absolute atomic E-state index is 0.216. The van der Waals surface area contributed by atoms with Gasteiger partial charge in [-0.3, -0.25) is 19.9 Å². The molecule has 1 aliphatic rings. The van der Waals surface area contributed by atoms with Crippen LogP contribution in [-0.2, 0) is 13.1 Å². The third-order valence-corrected chi connectivity index (χ3v) is 5.12. The number of hydrogen-bond donors (Lipinski definition) is 1. The van der Waals surface area contributed by atoms with Gasteiger partial charge in [-0.2, -0.15) is 0 Å². The van der Waals surface area contributed by atoms with E-state index in [0.29, 0.717) is 6.54 Å². The molecule has 0 saturated carbocycles. The summed E-state index contributed by atoms with van der Waals surface area (Å²) < 4.78 is 0. The fourth-order valence-electron chi connectivity index (χ4n) is 3.67. The van der Waals surface area contributed by atoms with Crippen LogP contribution in [0.15, 0.2) is 54.7 Å². The van der Waals surface area contributed by atoms with Gasteiger partial charge in [-0.1, -0.05) is 36.4 Å². The average molecular weight is 350 g/mol. The SMILES string of the molecule is O=[N+]([O-])c1ccccc1CN1CCN(Cc2c[nH]c3ccccc23)CC1. The first-order valence-electron chi connectivity index (χ1n) is 8.93. The fraction of sp³-hybridized carbons (Fsp3) is 0.300. The van der Waals surface area contributed by atoms with Crippen LogP contribution < -0.4 is 0 Å². The summed E-state index contributed by atoms with van der Waals surface area (Å²) in [4.78, 5) is 19.0.